The van der Waals surface area contributed by atoms with Crippen LogP contribution in [0.2, 0.25) is 0 Å². The van der Waals surface area contributed by atoms with Gasteiger partial charge < -0.3 is 5.32 Å². The Morgan fingerprint density at radius 2 is 1.52 bits per heavy atom. The van der Waals surface area contributed by atoms with E-state index < -0.39 is 0 Å². The summed E-state index contributed by atoms with van der Waals surface area (Å²) in [5.41, 5.74) is 2.40. The molecule has 130 valence electrons. The van der Waals surface area contributed by atoms with Gasteiger partial charge in [0.15, 0.2) is 0 Å². The first-order valence-electron chi connectivity index (χ1n) is 9.16. The predicted molar refractivity (Wildman–Crippen MR) is 101 cm³/mol. The van der Waals surface area contributed by atoms with Crippen LogP contribution >= 0.6 is 0 Å². The molecule has 1 N–H and O–H groups in total. The second-order valence-electron chi connectivity index (χ2n) is 6.67. The quantitative estimate of drug-likeness (QED) is 0.610. The number of benzene rings is 2. The van der Waals surface area contributed by atoms with Crippen LogP contribution in [0.4, 0.5) is 17.1 Å². The van der Waals surface area contributed by atoms with Gasteiger partial charge in [0, 0.05) is 12.1 Å². The maximum atomic E-state index is 12.1. The maximum absolute atomic E-state index is 12.1. The molecule has 2 aromatic carbocycles. The second-order valence-corrected chi connectivity index (χ2v) is 6.67. The van der Waals surface area contributed by atoms with Crippen LogP contribution in [-0.4, -0.2) is 5.91 Å². The fourth-order valence-corrected chi connectivity index (χ4v) is 3.26. The van der Waals surface area contributed by atoms with E-state index in [1.54, 1.807) is 0 Å². The van der Waals surface area contributed by atoms with Crippen LogP contribution in [-0.2, 0) is 4.79 Å². The van der Waals surface area contributed by atoms with Crippen molar-refractivity contribution in [1.29, 1.82) is 0 Å². The van der Waals surface area contributed by atoms with E-state index >= 15 is 0 Å². The van der Waals surface area contributed by atoms with Gasteiger partial charge in [-0.2, -0.15) is 10.2 Å². The Kier molecular flexibility index (Phi) is 6.32. The lowest BCUT2D eigenvalue weighted by molar-refractivity contribution is -0.116. The van der Waals surface area contributed by atoms with Crippen molar-refractivity contribution >= 4 is 23.0 Å². The number of nitrogens with zero attached hydrogens (tertiary/aromatic N) is 2. The number of amides is 1. The highest BCUT2D eigenvalue weighted by Crippen LogP contribution is 2.27. The SMILES string of the molecule is O=C(CCC1CCCCC1)Nc1ccc(N=Nc2ccccc2)cc1. The average molecular weight is 335 g/mol. The standard InChI is InChI=1S/C21H25N3O/c25-21(16-11-17-7-3-1-4-8-17)22-18-12-14-20(15-13-18)24-23-19-9-5-2-6-10-19/h2,5-6,9-10,12-15,17H,1,3-4,7-8,11,16H2,(H,22,25). The highest BCUT2D eigenvalue weighted by atomic mass is 16.1. The summed E-state index contributed by atoms with van der Waals surface area (Å²) >= 11 is 0. The van der Waals surface area contributed by atoms with Gasteiger partial charge in [-0.1, -0.05) is 50.3 Å². The van der Waals surface area contributed by atoms with Gasteiger partial charge in [0.05, 0.1) is 11.4 Å². The van der Waals surface area contributed by atoms with Gasteiger partial charge in [0.25, 0.3) is 0 Å². The molecule has 1 aliphatic rings. The Labute approximate surface area is 149 Å². The first-order valence-corrected chi connectivity index (χ1v) is 9.16. The lowest BCUT2D eigenvalue weighted by atomic mass is 9.86. The van der Waals surface area contributed by atoms with Gasteiger partial charge in [0.2, 0.25) is 5.91 Å². The Balaban J connectivity index is 1.46. The minimum absolute atomic E-state index is 0.101. The van der Waals surface area contributed by atoms with E-state index in [4.69, 9.17) is 0 Å². The Morgan fingerprint density at radius 3 is 2.20 bits per heavy atom. The van der Waals surface area contributed by atoms with Crippen LogP contribution < -0.4 is 5.32 Å². The van der Waals surface area contributed by atoms with Gasteiger partial charge in [-0.05, 0) is 48.7 Å². The normalized spacial score (nSPS) is 15.4. The van der Waals surface area contributed by atoms with Crippen LogP contribution in [0.15, 0.2) is 64.8 Å². The third kappa shape index (κ3) is 5.82. The third-order valence-corrected chi connectivity index (χ3v) is 4.69. The molecule has 0 spiro atoms. The topological polar surface area (TPSA) is 53.8 Å². The van der Waals surface area contributed by atoms with Crippen molar-refractivity contribution in [1.82, 2.24) is 0 Å². The molecule has 0 heterocycles. The highest BCUT2D eigenvalue weighted by molar-refractivity contribution is 5.90. The molecule has 0 aliphatic heterocycles. The number of anilines is 1. The van der Waals surface area contributed by atoms with E-state index in [2.05, 4.69) is 15.5 Å². The number of carbonyl (C=O) groups is 1. The zero-order valence-electron chi connectivity index (χ0n) is 14.5. The molecule has 2 aromatic rings. The van der Waals surface area contributed by atoms with Gasteiger partial charge in [-0.3, -0.25) is 4.79 Å². The highest BCUT2D eigenvalue weighted by Gasteiger charge is 2.14. The molecule has 1 amide bonds. The summed E-state index contributed by atoms with van der Waals surface area (Å²) in [4.78, 5) is 12.1. The van der Waals surface area contributed by atoms with E-state index in [-0.39, 0.29) is 5.91 Å². The van der Waals surface area contributed by atoms with E-state index in [1.807, 2.05) is 54.6 Å². The first kappa shape index (κ1) is 17.3. The summed E-state index contributed by atoms with van der Waals surface area (Å²) < 4.78 is 0. The molecule has 0 radical (unpaired) electrons. The molecular weight excluding hydrogens is 310 g/mol. The number of carbonyl (C=O) groups excluding carboxylic acids is 1. The van der Waals surface area contributed by atoms with Crippen LogP contribution in [0, 0.1) is 5.92 Å². The zero-order valence-corrected chi connectivity index (χ0v) is 14.5. The molecule has 1 fully saturated rings. The first-order chi connectivity index (χ1) is 12.3. The lowest BCUT2D eigenvalue weighted by Crippen LogP contribution is -2.14. The molecule has 0 bridgehead atoms. The Morgan fingerprint density at radius 1 is 0.880 bits per heavy atom. The van der Waals surface area contributed by atoms with Crippen molar-refractivity contribution in [2.75, 3.05) is 5.32 Å². The van der Waals surface area contributed by atoms with Crippen LogP contribution in [0.5, 0.6) is 0 Å². The summed E-state index contributed by atoms with van der Waals surface area (Å²) in [6.45, 7) is 0. The largest absolute Gasteiger partial charge is 0.326 e. The summed E-state index contributed by atoms with van der Waals surface area (Å²) in [7, 11) is 0. The molecular formula is C21H25N3O. The molecule has 1 saturated carbocycles. The molecule has 1 aliphatic carbocycles. The Bertz CT molecular complexity index is 689. The summed E-state index contributed by atoms with van der Waals surface area (Å²) in [6, 6.07) is 17.1. The van der Waals surface area contributed by atoms with Crippen molar-refractivity contribution in [2.45, 2.75) is 44.9 Å². The number of nitrogens with one attached hydrogen (secondary N) is 1. The van der Waals surface area contributed by atoms with Crippen LogP contribution in [0.1, 0.15) is 44.9 Å². The van der Waals surface area contributed by atoms with E-state index in [0.29, 0.717) is 6.42 Å². The summed E-state index contributed by atoms with van der Waals surface area (Å²) in [5.74, 6) is 0.838. The van der Waals surface area contributed by atoms with Crippen molar-refractivity contribution in [3.05, 3.63) is 54.6 Å². The average Bonchev–Trinajstić information content (AvgIpc) is 2.67. The molecule has 0 aromatic heterocycles. The zero-order chi connectivity index (χ0) is 17.3. The van der Waals surface area contributed by atoms with Crippen LogP contribution in [0.25, 0.3) is 0 Å². The van der Waals surface area contributed by atoms with Crippen molar-refractivity contribution in [3.63, 3.8) is 0 Å². The van der Waals surface area contributed by atoms with Gasteiger partial charge in [-0.25, -0.2) is 0 Å². The number of rotatable bonds is 6. The molecule has 4 heteroatoms. The lowest BCUT2D eigenvalue weighted by Gasteiger charge is -2.20. The number of azo groups is 1. The smallest absolute Gasteiger partial charge is 0.224 e. The van der Waals surface area contributed by atoms with Crippen molar-refractivity contribution < 1.29 is 4.79 Å². The van der Waals surface area contributed by atoms with E-state index in [1.165, 1.54) is 32.1 Å². The van der Waals surface area contributed by atoms with Gasteiger partial charge in [-0.15, -0.1) is 0 Å². The van der Waals surface area contributed by atoms with Gasteiger partial charge in [0.1, 0.15) is 0 Å². The van der Waals surface area contributed by atoms with Crippen LogP contribution in [0.3, 0.4) is 0 Å². The minimum Gasteiger partial charge on any atom is -0.326 e. The molecule has 4 nitrogen and oxygen atoms in total. The van der Waals surface area contributed by atoms with Crippen molar-refractivity contribution in [3.8, 4) is 0 Å². The van der Waals surface area contributed by atoms with Gasteiger partial charge >= 0.3 is 0 Å². The molecule has 3 rings (SSSR count). The Hall–Kier alpha value is -2.49. The number of hydrogen-bond acceptors (Lipinski definition) is 3. The molecule has 0 atom stereocenters. The molecule has 0 unspecified atom stereocenters. The number of hydrogen-bond donors (Lipinski definition) is 1. The summed E-state index contributed by atoms with van der Waals surface area (Å²) in [6.07, 6.45) is 8.20. The third-order valence-electron chi connectivity index (χ3n) is 4.69. The molecule has 0 saturated heterocycles. The fraction of sp³-hybridized carbons (Fsp3) is 0.381. The minimum atomic E-state index is 0.101. The second kappa shape index (κ2) is 9.11. The monoisotopic (exact) mass is 335 g/mol. The van der Waals surface area contributed by atoms with E-state index in [0.717, 1.165) is 29.4 Å². The summed E-state index contributed by atoms with van der Waals surface area (Å²) in [5, 5.41) is 11.4. The predicted octanol–water partition coefficient (Wildman–Crippen LogP) is 6.40. The fourth-order valence-electron chi connectivity index (χ4n) is 3.26. The van der Waals surface area contributed by atoms with Crippen molar-refractivity contribution in [2.24, 2.45) is 16.1 Å². The maximum Gasteiger partial charge on any atom is 0.224 e. The molecule has 25 heavy (non-hydrogen) atoms. The van der Waals surface area contributed by atoms with E-state index in [9.17, 15) is 4.79 Å².